The number of benzene rings is 1. The molecule has 35 heavy (non-hydrogen) atoms. The molecule has 1 aliphatic carbocycles. The first-order chi connectivity index (χ1) is 16.2. The topological polar surface area (TPSA) is 77.1 Å². The van der Waals surface area contributed by atoms with Crippen LogP contribution in [0.5, 0.6) is 0 Å². The highest BCUT2D eigenvalue weighted by atomic mass is 19.1. The van der Waals surface area contributed by atoms with Crippen LogP contribution < -0.4 is 10.8 Å². The van der Waals surface area contributed by atoms with E-state index in [1.807, 2.05) is 39.8 Å². The summed E-state index contributed by atoms with van der Waals surface area (Å²) in [6.07, 6.45) is 0.109. The Morgan fingerprint density at radius 2 is 1.83 bits per heavy atom. The summed E-state index contributed by atoms with van der Waals surface area (Å²) in [5.74, 6) is -0.486. The number of ether oxygens (including phenoxy) is 1. The lowest BCUT2D eigenvalue weighted by Gasteiger charge is -2.32. The zero-order chi connectivity index (χ0) is 25.8. The smallest absolute Gasteiger partial charge is 0.444 e. The highest BCUT2D eigenvalue weighted by molar-refractivity contribution is 6.62. The van der Waals surface area contributed by atoms with Gasteiger partial charge in [0, 0.05) is 12.5 Å². The zero-order valence-corrected chi connectivity index (χ0v) is 21.9. The Morgan fingerprint density at radius 1 is 1.17 bits per heavy atom. The van der Waals surface area contributed by atoms with Crippen LogP contribution in [0.25, 0.3) is 0 Å². The lowest BCUT2D eigenvalue weighted by atomic mass is 9.77. The lowest BCUT2D eigenvalue weighted by molar-refractivity contribution is -0.133. The number of nitrogens with one attached hydrogen (secondary N) is 1. The molecule has 0 radical (unpaired) electrons. The number of fused-ring (bicyclic) bond motifs is 1. The maximum absolute atomic E-state index is 13.9. The molecular weight excluding hydrogens is 450 g/mol. The number of nitrogens with zero attached hydrogens (tertiary/aromatic N) is 1. The molecule has 1 N–H and O–H groups in total. The number of alkyl carbamates (subject to hydrolysis) is 1. The van der Waals surface area contributed by atoms with E-state index in [1.54, 1.807) is 20.8 Å². The number of hydrogen-bond acceptors (Lipinski definition) is 5. The fraction of sp³-hybridized carbons (Fsp3) is 0.692. The molecule has 1 aromatic carbocycles. The van der Waals surface area contributed by atoms with Gasteiger partial charge in [-0.3, -0.25) is 4.79 Å². The molecule has 2 fully saturated rings. The van der Waals surface area contributed by atoms with Gasteiger partial charge in [0.2, 0.25) is 5.91 Å². The van der Waals surface area contributed by atoms with Crippen LogP contribution in [0.1, 0.15) is 78.4 Å². The van der Waals surface area contributed by atoms with E-state index in [0.29, 0.717) is 19.4 Å². The molecule has 2 heterocycles. The van der Waals surface area contributed by atoms with Crippen molar-refractivity contribution in [1.29, 1.82) is 0 Å². The average Bonchev–Trinajstić information content (AvgIpc) is 3.40. The maximum Gasteiger partial charge on any atom is 0.494 e. The second kappa shape index (κ2) is 9.07. The Kier molecular flexibility index (Phi) is 6.73. The van der Waals surface area contributed by atoms with Crippen molar-refractivity contribution in [2.45, 2.75) is 103 Å². The van der Waals surface area contributed by atoms with Gasteiger partial charge in [0.15, 0.2) is 0 Å². The molecule has 2 unspecified atom stereocenters. The molecule has 2 saturated heterocycles. The molecule has 2 aliphatic heterocycles. The quantitative estimate of drug-likeness (QED) is 0.657. The van der Waals surface area contributed by atoms with Crippen LogP contribution in [0.15, 0.2) is 18.2 Å². The number of carbonyl (C=O) groups excluding carboxylic acids is 2. The Balaban J connectivity index is 1.58. The Bertz CT molecular complexity index is 976. The van der Waals surface area contributed by atoms with Crippen molar-refractivity contribution in [3.8, 4) is 0 Å². The van der Waals surface area contributed by atoms with Crippen molar-refractivity contribution in [3.63, 3.8) is 0 Å². The molecule has 7 nitrogen and oxygen atoms in total. The van der Waals surface area contributed by atoms with Crippen LogP contribution in [0.2, 0.25) is 0 Å². The SMILES string of the molecule is CC(C)(C)OC(=O)N[C@H](C(=O)N1CCC(F)C1)C1CCc2cc(B3OC(C)(C)C(C)(C)O3)ccc21. The molecule has 0 spiro atoms. The highest BCUT2D eigenvalue weighted by Gasteiger charge is 2.52. The zero-order valence-electron chi connectivity index (χ0n) is 21.9. The molecule has 4 rings (SSSR count). The van der Waals surface area contributed by atoms with Crippen LogP contribution in [0, 0.1) is 0 Å². The standard InChI is InChI=1S/C26H38BFN2O5/c1-24(2,3)33-23(32)29-21(22(31)30-13-12-18(28)15-30)20-10-8-16-14-17(9-11-19(16)20)27-34-25(4,5)26(6,7)35-27/h9,11,14,18,20-21H,8,10,12-13,15H2,1-7H3,(H,29,32)/t18?,20?,21-/m0/s1. The summed E-state index contributed by atoms with van der Waals surface area (Å²) in [5.41, 5.74) is 1.49. The van der Waals surface area contributed by atoms with Crippen molar-refractivity contribution in [3.05, 3.63) is 29.3 Å². The number of aryl methyl sites for hydroxylation is 1. The van der Waals surface area contributed by atoms with E-state index in [9.17, 15) is 14.0 Å². The first kappa shape index (κ1) is 26.0. The van der Waals surface area contributed by atoms with Crippen molar-refractivity contribution < 1.29 is 28.0 Å². The predicted octanol–water partition coefficient (Wildman–Crippen LogP) is 3.48. The number of rotatable bonds is 4. The van der Waals surface area contributed by atoms with Crippen molar-refractivity contribution in [2.24, 2.45) is 0 Å². The molecule has 0 bridgehead atoms. The number of likely N-dealkylation sites (tertiary alicyclic amines) is 1. The molecule has 3 aliphatic rings. The predicted molar refractivity (Wildman–Crippen MR) is 132 cm³/mol. The van der Waals surface area contributed by atoms with Gasteiger partial charge in [-0.15, -0.1) is 0 Å². The minimum absolute atomic E-state index is 0.0613. The van der Waals surface area contributed by atoms with E-state index in [-0.39, 0.29) is 18.4 Å². The van der Waals surface area contributed by atoms with Gasteiger partial charge in [0.1, 0.15) is 17.8 Å². The van der Waals surface area contributed by atoms with E-state index in [4.69, 9.17) is 14.0 Å². The molecule has 1 aromatic rings. The number of halogens is 1. The van der Waals surface area contributed by atoms with Gasteiger partial charge in [0.05, 0.1) is 17.7 Å². The normalized spacial score (nSPS) is 25.9. The van der Waals surface area contributed by atoms with Crippen LogP contribution >= 0.6 is 0 Å². The van der Waals surface area contributed by atoms with Gasteiger partial charge < -0.3 is 24.3 Å². The van der Waals surface area contributed by atoms with Gasteiger partial charge >= 0.3 is 13.2 Å². The summed E-state index contributed by atoms with van der Waals surface area (Å²) >= 11 is 0. The minimum Gasteiger partial charge on any atom is -0.444 e. The molecule has 0 aromatic heterocycles. The van der Waals surface area contributed by atoms with Crippen LogP contribution in [0.4, 0.5) is 9.18 Å². The van der Waals surface area contributed by atoms with Gasteiger partial charge in [-0.05, 0) is 84.3 Å². The number of hydrogen-bond donors (Lipinski definition) is 1. The summed E-state index contributed by atoms with van der Waals surface area (Å²) < 4.78 is 31.7. The maximum atomic E-state index is 13.9. The van der Waals surface area contributed by atoms with Crippen LogP contribution in [0.3, 0.4) is 0 Å². The largest absolute Gasteiger partial charge is 0.494 e. The van der Waals surface area contributed by atoms with Crippen molar-refractivity contribution >= 4 is 24.6 Å². The molecule has 2 amide bonds. The Morgan fingerprint density at radius 3 is 2.40 bits per heavy atom. The summed E-state index contributed by atoms with van der Waals surface area (Å²) in [6, 6.07) is 5.24. The van der Waals surface area contributed by atoms with Crippen molar-refractivity contribution in [1.82, 2.24) is 10.2 Å². The monoisotopic (exact) mass is 488 g/mol. The average molecular weight is 488 g/mol. The number of carbonyl (C=O) groups is 2. The van der Waals surface area contributed by atoms with Gasteiger partial charge in [0.25, 0.3) is 0 Å². The second-order valence-corrected chi connectivity index (χ2v) is 12.0. The molecular formula is C26H38BFN2O5. The van der Waals surface area contributed by atoms with E-state index in [1.165, 1.54) is 4.90 Å². The van der Waals surface area contributed by atoms with Crippen molar-refractivity contribution in [2.75, 3.05) is 13.1 Å². The Hall–Kier alpha value is -2.13. The van der Waals surface area contributed by atoms with Gasteiger partial charge in [-0.25, -0.2) is 9.18 Å². The first-order valence-corrected chi connectivity index (χ1v) is 12.6. The fourth-order valence-corrected chi connectivity index (χ4v) is 5.03. The lowest BCUT2D eigenvalue weighted by Crippen LogP contribution is -2.51. The van der Waals surface area contributed by atoms with Crippen LogP contribution in [-0.2, 0) is 25.3 Å². The third-order valence-electron chi connectivity index (χ3n) is 7.60. The highest BCUT2D eigenvalue weighted by Crippen LogP contribution is 2.39. The number of amides is 2. The summed E-state index contributed by atoms with van der Waals surface area (Å²) in [5, 5.41) is 2.81. The number of alkyl halides is 1. The van der Waals surface area contributed by atoms with E-state index < -0.39 is 42.2 Å². The third kappa shape index (κ3) is 5.36. The van der Waals surface area contributed by atoms with E-state index in [0.717, 1.165) is 23.0 Å². The molecule has 3 atom stereocenters. The third-order valence-corrected chi connectivity index (χ3v) is 7.60. The molecule has 192 valence electrons. The van der Waals surface area contributed by atoms with E-state index >= 15 is 0 Å². The minimum atomic E-state index is -1.03. The first-order valence-electron chi connectivity index (χ1n) is 12.6. The molecule has 9 heteroatoms. The summed E-state index contributed by atoms with van der Waals surface area (Å²) in [7, 11) is -0.465. The van der Waals surface area contributed by atoms with Gasteiger partial charge in [-0.2, -0.15) is 0 Å². The van der Waals surface area contributed by atoms with Crippen LogP contribution in [-0.4, -0.2) is 66.1 Å². The van der Waals surface area contributed by atoms with E-state index in [2.05, 4.69) is 11.4 Å². The fourth-order valence-electron chi connectivity index (χ4n) is 5.03. The second-order valence-electron chi connectivity index (χ2n) is 12.0. The van der Waals surface area contributed by atoms with Gasteiger partial charge in [-0.1, -0.05) is 18.2 Å². The Labute approximate surface area is 208 Å². The summed E-state index contributed by atoms with van der Waals surface area (Å²) in [4.78, 5) is 27.6. The summed E-state index contributed by atoms with van der Waals surface area (Å²) in [6.45, 7) is 13.8. The molecule has 0 saturated carbocycles.